The Hall–Kier alpha value is -3.96. The number of hydrogen-bond donors (Lipinski definition) is 4. The predicted octanol–water partition coefficient (Wildman–Crippen LogP) is 2.35. The van der Waals surface area contributed by atoms with Gasteiger partial charge in [0.1, 0.15) is 18.2 Å². The van der Waals surface area contributed by atoms with Gasteiger partial charge >= 0.3 is 5.97 Å². The Labute approximate surface area is 220 Å². The van der Waals surface area contributed by atoms with Crippen molar-refractivity contribution < 1.29 is 34.2 Å². The summed E-state index contributed by atoms with van der Waals surface area (Å²) in [5.41, 5.74) is 4.15. The molecule has 0 bridgehead atoms. The molecule has 1 fully saturated rings. The number of phenolic OH excluding ortho intramolecular Hbond substituents is 1. The van der Waals surface area contributed by atoms with Crippen molar-refractivity contribution in [1.29, 1.82) is 5.41 Å². The van der Waals surface area contributed by atoms with Crippen molar-refractivity contribution in [2.24, 2.45) is 0 Å². The fraction of sp³-hybridized carbons (Fsp3) is 0.407. The molecule has 1 unspecified atom stereocenters. The summed E-state index contributed by atoms with van der Waals surface area (Å²) in [7, 11) is 0. The number of esters is 1. The van der Waals surface area contributed by atoms with E-state index in [1.165, 1.54) is 12.1 Å². The van der Waals surface area contributed by atoms with E-state index in [-0.39, 0.29) is 49.1 Å². The molecular formula is C27H32N4O7. The van der Waals surface area contributed by atoms with Crippen LogP contribution in [-0.2, 0) is 25.6 Å². The zero-order valence-electron chi connectivity index (χ0n) is 21.2. The summed E-state index contributed by atoms with van der Waals surface area (Å²) in [5, 5.41) is 26.7. The molecule has 0 aliphatic carbocycles. The second-order valence-corrected chi connectivity index (χ2v) is 9.30. The molecule has 1 atom stereocenters. The summed E-state index contributed by atoms with van der Waals surface area (Å²) in [4.78, 5) is 41.7. The second-order valence-electron chi connectivity index (χ2n) is 9.30. The van der Waals surface area contributed by atoms with Crippen molar-refractivity contribution in [2.45, 2.75) is 44.9 Å². The third-order valence-corrected chi connectivity index (χ3v) is 6.90. The van der Waals surface area contributed by atoms with E-state index >= 15 is 0 Å². The Morgan fingerprint density at radius 1 is 1.16 bits per heavy atom. The highest BCUT2D eigenvalue weighted by molar-refractivity contribution is 6.01. The van der Waals surface area contributed by atoms with Gasteiger partial charge in [-0.05, 0) is 55.2 Å². The van der Waals surface area contributed by atoms with E-state index in [1.54, 1.807) is 47.1 Å². The van der Waals surface area contributed by atoms with Gasteiger partial charge < -0.3 is 24.4 Å². The molecule has 0 spiro atoms. The van der Waals surface area contributed by atoms with Crippen molar-refractivity contribution in [1.82, 2.24) is 15.3 Å². The van der Waals surface area contributed by atoms with Crippen LogP contribution < -0.4 is 5.48 Å². The zero-order chi connectivity index (χ0) is 27.2. The maximum absolute atomic E-state index is 13.4. The lowest BCUT2D eigenvalue weighted by molar-refractivity contribution is -0.152. The average molecular weight is 525 g/mol. The number of nitrogens with zero attached hydrogens (tertiary/aromatic N) is 2. The number of amidine groups is 1. The average Bonchev–Trinajstić information content (AvgIpc) is 3.26. The summed E-state index contributed by atoms with van der Waals surface area (Å²) in [6, 6.07) is 10.8. The minimum atomic E-state index is -0.570. The van der Waals surface area contributed by atoms with Crippen molar-refractivity contribution in [2.75, 3.05) is 26.3 Å². The quantitative estimate of drug-likeness (QED) is 0.169. The number of hydroxylamine groups is 1. The Bertz CT molecular complexity index is 1190. The highest BCUT2D eigenvalue weighted by atomic mass is 16.6. The summed E-state index contributed by atoms with van der Waals surface area (Å²) < 4.78 is 10.5. The molecule has 0 saturated carbocycles. The van der Waals surface area contributed by atoms with Gasteiger partial charge in [0.25, 0.3) is 5.91 Å². The number of ether oxygens (including phenoxy) is 2. The van der Waals surface area contributed by atoms with Gasteiger partial charge in [-0.3, -0.25) is 25.7 Å². The molecule has 2 aromatic rings. The van der Waals surface area contributed by atoms with E-state index in [0.29, 0.717) is 49.2 Å². The number of amides is 2. The van der Waals surface area contributed by atoms with Crippen molar-refractivity contribution in [3.63, 3.8) is 0 Å². The molecule has 11 nitrogen and oxygen atoms in total. The van der Waals surface area contributed by atoms with E-state index in [9.17, 15) is 19.5 Å². The number of hydrogen-bond acceptors (Lipinski definition) is 8. The monoisotopic (exact) mass is 524 g/mol. The summed E-state index contributed by atoms with van der Waals surface area (Å²) >= 11 is 0. The molecular weight excluding hydrogens is 492 g/mol. The molecule has 0 aromatic heterocycles. The molecule has 38 heavy (non-hydrogen) atoms. The maximum atomic E-state index is 13.4. The van der Waals surface area contributed by atoms with E-state index in [0.717, 1.165) is 5.56 Å². The first-order chi connectivity index (χ1) is 18.3. The minimum absolute atomic E-state index is 0.0553. The standard InChI is InChI=1S/C27H32N4O7/c1-2-37-25(34)16-38-21-9-11-30(12-10-21)24(33)14-23(17-3-6-20(32)7-4-17)31-15-19-13-18(26(28)29-36)5-8-22(19)27(31)35/h3-8,13,21,23,32,36H,2,9-12,14-16H2,1H3,(H2,28,29). The first kappa shape index (κ1) is 27.1. The van der Waals surface area contributed by atoms with Crippen LogP contribution in [0.3, 0.4) is 0 Å². The number of piperidine rings is 1. The number of nitrogens with one attached hydrogen (secondary N) is 2. The number of rotatable bonds is 9. The fourth-order valence-electron chi connectivity index (χ4n) is 4.87. The van der Waals surface area contributed by atoms with Crippen LogP contribution in [0.25, 0.3) is 0 Å². The molecule has 2 aromatic carbocycles. The lowest BCUT2D eigenvalue weighted by Crippen LogP contribution is -2.43. The Balaban J connectivity index is 1.46. The minimum Gasteiger partial charge on any atom is -0.508 e. The van der Waals surface area contributed by atoms with Crippen LogP contribution in [0.4, 0.5) is 0 Å². The molecule has 2 aliphatic heterocycles. The Kier molecular flexibility index (Phi) is 8.59. The zero-order valence-corrected chi connectivity index (χ0v) is 21.2. The van der Waals surface area contributed by atoms with Gasteiger partial charge in [-0.2, -0.15) is 0 Å². The normalized spacial score (nSPS) is 16.2. The molecule has 11 heteroatoms. The third kappa shape index (κ3) is 6.12. The molecule has 2 heterocycles. The fourth-order valence-corrected chi connectivity index (χ4v) is 4.87. The van der Waals surface area contributed by atoms with E-state index in [2.05, 4.69) is 0 Å². The molecule has 202 valence electrons. The summed E-state index contributed by atoms with van der Waals surface area (Å²) in [5.74, 6) is -0.844. The number of benzene rings is 2. The van der Waals surface area contributed by atoms with Crippen LogP contribution in [0.15, 0.2) is 42.5 Å². The highest BCUT2D eigenvalue weighted by Crippen LogP contribution is 2.35. The lowest BCUT2D eigenvalue weighted by Gasteiger charge is -2.34. The van der Waals surface area contributed by atoms with E-state index in [4.69, 9.17) is 20.1 Å². The van der Waals surface area contributed by atoms with E-state index < -0.39 is 12.0 Å². The van der Waals surface area contributed by atoms with Crippen molar-refractivity contribution in [3.05, 3.63) is 64.7 Å². The first-order valence-corrected chi connectivity index (χ1v) is 12.6. The molecule has 2 amide bonds. The third-order valence-electron chi connectivity index (χ3n) is 6.90. The number of aromatic hydroxyl groups is 1. The van der Waals surface area contributed by atoms with Crippen LogP contribution in [-0.4, -0.2) is 76.1 Å². The first-order valence-electron chi connectivity index (χ1n) is 12.6. The van der Waals surface area contributed by atoms with Gasteiger partial charge in [-0.1, -0.05) is 18.2 Å². The number of phenols is 1. The summed E-state index contributed by atoms with van der Waals surface area (Å²) in [6.45, 7) is 3.11. The largest absolute Gasteiger partial charge is 0.508 e. The van der Waals surface area contributed by atoms with Crippen LogP contribution in [0.2, 0.25) is 0 Å². The molecule has 4 N–H and O–H groups in total. The number of fused-ring (bicyclic) bond motifs is 1. The molecule has 0 radical (unpaired) electrons. The smallest absolute Gasteiger partial charge is 0.332 e. The van der Waals surface area contributed by atoms with Gasteiger partial charge in [0.05, 0.1) is 25.2 Å². The van der Waals surface area contributed by atoms with Crippen molar-refractivity contribution >= 4 is 23.6 Å². The van der Waals surface area contributed by atoms with Crippen LogP contribution in [0.1, 0.15) is 59.3 Å². The maximum Gasteiger partial charge on any atom is 0.332 e. The van der Waals surface area contributed by atoms with Gasteiger partial charge in [-0.15, -0.1) is 0 Å². The second kappa shape index (κ2) is 12.1. The number of likely N-dealkylation sites (tertiary alicyclic amines) is 1. The topological polar surface area (TPSA) is 152 Å². The van der Waals surface area contributed by atoms with Gasteiger partial charge in [0, 0.05) is 30.8 Å². The lowest BCUT2D eigenvalue weighted by atomic mass is 9.99. The molecule has 1 saturated heterocycles. The molecule has 2 aliphatic rings. The van der Waals surface area contributed by atoms with Crippen LogP contribution in [0.5, 0.6) is 5.75 Å². The predicted molar refractivity (Wildman–Crippen MR) is 136 cm³/mol. The van der Waals surface area contributed by atoms with Gasteiger partial charge in [0.2, 0.25) is 5.91 Å². The number of carbonyl (C=O) groups excluding carboxylic acids is 3. The van der Waals surface area contributed by atoms with Crippen LogP contribution in [0, 0.1) is 5.41 Å². The molecule has 4 rings (SSSR count). The number of carbonyl (C=O) groups is 3. The van der Waals surface area contributed by atoms with Crippen molar-refractivity contribution in [3.8, 4) is 5.75 Å². The van der Waals surface area contributed by atoms with E-state index in [1.807, 2.05) is 5.48 Å². The highest BCUT2D eigenvalue weighted by Gasteiger charge is 2.36. The Morgan fingerprint density at radius 3 is 2.53 bits per heavy atom. The summed E-state index contributed by atoms with van der Waals surface area (Å²) in [6.07, 6.45) is 1.11. The van der Waals surface area contributed by atoms with Crippen LogP contribution >= 0.6 is 0 Å². The SMILES string of the molecule is CCOC(=O)COC1CCN(C(=O)CC(c2ccc(O)cc2)N2Cc3cc(C(=N)NO)ccc3C2=O)CC1. The Morgan fingerprint density at radius 2 is 1.87 bits per heavy atom. The van der Waals surface area contributed by atoms with Gasteiger partial charge in [0.15, 0.2) is 0 Å². The van der Waals surface area contributed by atoms with Gasteiger partial charge in [-0.25, -0.2) is 4.79 Å².